The van der Waals surface area contributed by atoms with Gasteiger partial charge in [-0.05, 0) is 31.6 Å². The van der Waals surface area contributed by atoms with Gasteiger partial charge in [-0.3, -0.25) is 0 Å². The summed E-state index contributed by atoms with van der Waals surface area (Å²) in [4.78, 5) is 0. The number of hydrogen-bond donors (Lipinski definition) is 2. The van der Waals surface area contributed by atoms with Crippen LogP contribution in [0.1, 0.15) is 6.92 Å². The van der Waals surface area contributed by atoms with E-state index in [1.54, 1.807) is 7.11 Å². The minimum absolute atomic E-state index is 0.220. The summed E-state index contributed by atoms with van der Waals surface area (Å²) in [6.45, 7) is 8.57. The Kier molecular flexibility index (Phi) is 6.58. The van der Waals surface area contributed by atoms with Crippen LogP contribution in [0.5, 0.6) is 0 Å². The van der Waals surface area contributed by atoms with Gasteiger partial charge in [0.15, 0.2) is 8.32 Å². The Labute approximate surface area is 82.6 Å². The van der Waals surface area contributed by atoms with E-state index in [1.165, 1.54) is 6.04 Å². The number of hydrogen-bond acceptors (Lipinski definition) is 3. The van der Waals surface area contributed by atoms with Crippen LogP contribution in [0.15, 0.2) is 0 Å². The van der Waals surface area contributed by atoms with E-state index in [4.69, 9.17) is 9.53 Å². The van der Waals surface area contributed by atoms with Gasteiger partial charge in [-0.2, -0.15) is 0 Å². The van der Waals surface area contributed by atoms with Gasteiger partial charge in [0.1, 0.15) is 0 Å². The highest BCUT2D eigenvalue weighted by Crippen LogP contribution is 2.16. The molecule has 0 aliphatic carbocycles. The predicted octanol–water partition coefficient (Wildman–Crippen LogP) is 1.06. The average molecular weight is 205 g/mol. The molecule has 2 N–H and O–H groups in total. The molecule has 0 fully saturated rings. The van der Waals surface area contributed by atoms with Crippen molar-refractivity contribution in [2.45, 2.75) is 26.1 Å². The first-order valence-electron chi connectivity index (χ1n) is 4.88. The first-order valence-corrected chi connectivity index (χ1v) is 8.00. The molecule has 13 heavy (non-hydrogen) atoms. The van der Waals surface area contributed by atoms with E-state index >= 15 is 0 Å². The molecule has 80 valence electrons. The van der Waals surface area contributed by atoms with Crippen LogP contribution in [-0.2, 0) is 4.43 Å². The Bertz CT molecular complexity index is 131. The molecule has 0 aromatic heterocycles. The van der Waals surface area contributed by atoms with Crippen molar-refractivity contribution >= 4 is 8.32 Å². The predicted molar refractivity (Wildman–Crippen MR) is 58.4 cm³/mol. The minimum Gasteiger partial charge on any atom is -0.420 e. The maximum atomic E-state index is 8.58. The number of rotatable bonds is 7. The van der Waals surface area contributed by atoms with E-state index in [1.807, 2.05) is 0 Å². The maximum Gasteiger partial charge on any atom is 0.186 e. The fourth-order valence-electron chi connectivity index (χ4n) is 1.42. The van der Waals surface area contributed by atoms with Crippen LogP contribution in [0, 0.1) is 5.92 Å². The highest BCUT2D eigenvalue weighted by atomic mass is 28.4. The largest absolute Gasteiger partial charge is 0.420 e. The number of aliphatic hydroxyl groups is 1. The van der Waals surface area contributed by atoms with E-state index in [0.717, 1.165) is 6.54 Å². The Hall–Kier alpha value is 0.0969. The second-order valence-electron chi connectivity index (χ2n) is 4.20. The van der Waals surface area contributed by atoms with E-state index in [2.05, 4.69) is 25.3 Å². The lowest BCUT2D eigenvalue weighted by molar-refractivity contribution is 0.289. The van der Waals surface area contributed by atoms with Gasteiger partial charge in [-0.1, -0.05) is 6.92 Å². The van der Waals surface area contributed by atoms with E-state index in [-0.39, 0.29) is 6.61 Å². The van der Waals surface area contributed by atoms with Crippen molar-refractivity contribution in [3.63, 3.8) is 0 Å². The topological polar surface area (TPSA) is 41.5 Å². The Morgan fingerprint density at radius 1 is 1.46 bits per heavy atom. The lowest BCUT2D eigenvalue weighted by Gasteiger charge is -2.24. The molecular weight excluding hydrogens is 182 g/mol. The molecule has 0 aromatic rings. The molecule has 0 saturated heterocycles. The quantitative estimate of drug-likeness (QED) is 0.482. The van der Waals surface area contributed by atoms with Gasteiger partial charge < -0.3 is 14.8 Å². The molecule has 0 aliphatic heterocycles. The molecule has 0 radical (unpaired) electrons. The molecule has 0 rings (SSSR count). The van der Waals surface area contributed by atoms with Crippen LogP contribution in [0.25, 0.3) is 0 Å². The zero-order valence-electron chi connectivity index (χ0n) is 9.26. The third kappa shape index (κ3) is 7.19. The van der Waals surface area contributed by atoms with Gasteiger partial charge in [-0.25, -0.2) is 0 Å². The van der Waals surface area contributed by atoms with Crippen LogP contribution in [0.2, 0.25) is 19.1 Å². The molecule has 0 amide bonds. The molecule has 0 aromatic carbocycles. The molecular formula is C9H23NO2Si. The van der Waals surface area contributed by atoms with Crippen molar-refractivity contribution in [3.05, 3.63) is 0 Å². The lowest BCUT2D eigenvalue weighted by Crippen LogP contribution is -2.34. The molecule has 4 heteroatoms. The Balaban J connectivity index is 3.55. The smallest absolute Gasteiger partial charge is 0.186 e. The minimum atomic E-state index is -1.40. The van der Waals surface area contributed by atoms with Crippen LogP contribution in [0.3, 0.4) is 0 Å². The Morgan fingerprint density at radius 3 is 2.54 bits per heavy atom. The summed E-state index contributed by atoms with van der Waals surface area (Å²) in [5, 5.41) is 11.8. The van der Waals surface area contributed by atoms with Crippen molar-refractivity contribution < 1.29 is 9.53 Å². The van der Waals surface area contributed by atoms with Crippen molar-refractivity contribution in [3.8, 4) is 0 Å². The van der Waals surface area contributed by atoms with E-state index < -0.39 is 8.32 Å². The highest BCUT2D eigenvalue weighted by molar-refractivity contribution is 6.71. The summed E-state index contributed by atoms with van der Waals surface area (Å²) in [7, 11) is 0.403. The fourth-order valence-corrected chi connectivity index (χ4v) is 3.41. The van der Waals surface area contributed by atoms with Crippen LogP contribution in [-0.4, -0.2) is 40.2 Å². The fraction of sp³-hybridized carbons (Fsp3) is 1.00. The molecule has 1 unspecified atom stereocenters. The van der Waals surface area contributed by atoms with Gasteiger partial charge in [0.05, 0.1) is 6.61 Å². The van der Waals surface area contributed by atoms with Crippen LogP contribution >= 0.6 is 0 Å². The molecule has 0 spiro atoms. The van der Waals surface area contributed by atoms with Crippen molar-refractivity contribution in [1.82, 2.24) is 5.32 Å². The summed E-state index contributed by atoms with van der Waals surface area (Å²) in [5.41, 5.74) is 0. The molecule has 0 heterocycles. The molecule has 1 atom stereocenters. The van der Waals surface area contributed by atoms with Gasteiger partial charge >= 0.3 is 0 Å². The third-order valence-corrected chi connectivity index (χ3v) is 4.96. The molecule has 0 bridgehead atoms. The highest BCUT2D eigenvalue weighted by Gasteiger charge is 2.23. The van der Waals surface area contributed by atoms with Crippen LogP contribution in [0.4, 0.5) is 0 Å². The second-order valence-corrected chi connectivity index (χ2v) is 8.54. The number of aliphatic hydroxyl groups excluding tert-OH is 1. The molecule has 3 nitrogen and oxygen atoms in total. The second kappa shape index (κ2) is 6.54. The lowest BCUT2D eigenvalue weighted by atomic mass is 10.2. The Morgan fingerprint density at radius 2 is 2.08 bits per heavy atom. The summed E-state index contributed by atoms with van der Waals surface area (Å²) in [6, 6.07) is 1.17. The summed E-state index contributed by atoms with van der Waals surface area (Å²) in [5.74, 6) is 0.633. The van der Waals surface area contributed by atoms with Gasteiger partial charge in [0.2, 0.25) is 0 Å². The van der Waals surface area contributed by atoms with E-state index in [9.17, 15) is 0 Å². The molecule has 0 aliphatic rings. The zero-order chi connectivity index (χ0) is 10.3. The van der Waals surface area contributed by atoms with Gasteiger partial charge in [-0.15, -0.1) is 0 Å². The zero-order valence-corrected chi connectivity index (χ0v) is 10.3. The SMILES string of the molecule is CO[Si](C)(C)CC(C)CNCCO. The standard InChI is InChI=1S/C9H23NO2Si/c1-9(7-10-5-6-11)8-13(3,4)12-2/h9-11H,5-8H2,1-4H3. The number of nitrogens with one attached hydrogen (secondary N) is 1. The van der Waals surface area contributed by atoms with Crippen molar-refractivity contribution in [1.29, 1.82) is 0 Å². The third-order valence-electron chi connectivity index (χ3n) is 2.17. The van der Waals surface area contributed by atoms with Crippen molar-refractivity contribution in [2.75, 3.05) is 26.8 Å². The van der Waals surface area contributed by atoms with Gasteiger partial charge in [0.25, 0.3) is 0 Å². The maximum absolute atomic E-state index is 8.58. The monoisotopic (exact) mass is 205 g/mol. The van der Waals surface area contributed by atoms with Crippen LogP contribution < -0.4 is 5.32 Å². The van der Waals surface area contributed by atoms with Crippen molar-refractivity contribution in [2.24, 2.45) is 5.92 Å². The summed E-state index contributed by atoms with van der Waals surface area (Å²) < 4.78 is 5.48. The van der Waals surface area contributed by atoms with E-state index in [0.29, 0.717) is 12.5 Å². The van der Waals surface area contributed by atoms with Gasteiger partial charge in [0, 0.05) is 13.7 Å². The summed E-state index contributed by atoms with van der Waals surface area (Å²) >= 11 is 0. The normalized spacial score (nSPS) is 14.5. The first kappa shape index (κ1) is 13.1. The summed E-state index contributed by atoms with van der Waals surface area (Å²) in [6.07, 6.45) is 0. The average Bonchev–Trinajstić information content (AvgIpc) is 2.04. The molecule has 0 saturated carbocycles. The first-order chi connectivity index (χ1) is 6.02.